The average Bonchev–Trinajstić information content (AvgIpc) is 3.08. The van der Waals surface area contributed by atoms with Crippen molar-refractivity contribution < 1.29 is 14.3 Å². The molecule has 1 aromatic heterocycles. The van der Waals surface area contributed by atoms with E-state index in [0.717, 1.165) is 17.1 Å². The Hall–Kier alpha value is -2.59. The number of rotatable bonds is 5. The molecule has 0 spiro atoms. The minimum absolute atomic E-state index is 0.225. The van der Waals surface area contributed by atoms with Crippen molar-refractivity contribution in [2.24, 2.45) is 0 Å². The fourth-order valence-electron chi connectivity index (χ4n) is 1.94. The van der Waals surface area contributed by atoms with Gasteiger partial charge in [-0.3, -0.25) is 0 Å². The van der Waals surface area contributed by atoms with E-state index in [2.05, 4.69) is 0 Å². The number of hydrogen-bond acceptors (Lipinski definition) is 4. The van der Waals surface area contributed by atoms with E-state index in [-0.39, 0.29) is 12.6 Å². The van der Waals surface area contributed by atoms with Crippen LogP contribution in [0.2, 0.25) is 0 Å². The van der Waals surface area contributed by atoms with Gasteiger partial charge in [0.25, 0.3) is 0 Å². The summed E-state index contributed by atoms with van der Waals surface area (Å²) in [6.07, 6.45) is 0. The smallest absolute Gasteiger partial charge is 0.348 e. The zero-order valence-electron chi connectivity index (χ0n) is 11.8. The van der Waals surface area contributed by atoms with Gasteiger partial charge in [0.15, 0.2) is 0 Å². The molecule has 0 bridgehead atoms. The molecule has 4 heteroatoms. The highest BCUT2D eigenvalue weighted by Gasteiger charge is 2.08. The quantitative estimate of drug-likeness (QED) is 0.629. The van der Waals surface area contributed by atoms with Crippen LogP contribution in [0.25, 0.3) is 0 Å². The summed E-state index contributed by atoms with van der Waals surface area (Å²) in [5, 5.41) is 1.85. The highest BCUT2D eigenvalue weighted by molar-refractivity contribution is 7.11. The molecule has 3 aromatic rings. The van der Waals surface area contributed by atoms with Crippen molar-refractivity contribution in [3.8, 4) is 11.5 Å². The topological polar surface area (TPSA) is 35.5 Å². The second kappa shape index (κ2) is 6.91. The number of hydrogen-bond donors (Lipinski definition) is 0. The van der Waals surface area contributed by atoms with Crippen LogP contribution >= 0.6 is 11.3 Å². The van der Waals surface area contributed by atoms with E-state index < -0.39 is 0 Å². The molecule has 0 unspecified atom stereocenters. The number of ether oxygens (including phenoxy) is 2. The molecule has 2 aromatic carbocycles. The minimum Gasteiger partial charge on any atom is -0.457 e. The van der Waals surface area contributed by atoms with Crippen LogP contribution in [-0.2, 0) is 11.3 Å². The molecule has 0 N–H and O–H groups in total. The van der Waals surface area contributed by atoms with Crippen molar-refractivity contribution in [1.82, 2.24) is 0 Å². The fraction of sp³-hybridized carbons (Fsp3) is 0.0556. The Kier molecular flexibility index (Phi) is 4.51. The summed E-state index contributed by atoms with van der Waals surface area (Å²) in [4.78, 5) is 12.4. The molecule has 1 heterocycles. The summed E-state index contributed by atoms with van der Waals surface area (Å²) >= 11 is 1.37. The predicted molar refractivity (Wildman–Crippen MR) is 86.4 cm³/mol. The number of thiophene rings is 1. The van der Waals surface area contributed by atoms with Crippen molar-refractivity contribution in [2.75, 3.05) is 0 Å². The van der Waals surface area contributed by atoms with Gasteiger partial charge >= 0.3 is 5.97 Å². The second-order valence-electron chi connectivity index (χ2n) is 4.62. The van der Waals surface area contributed by atoms with Gasteiger partial charge in [0.05, 0.1) is 0 Å². The zero-order valence-corrected chi connectivity index (χ0v) is 12.6. The molecule has 110 valence electrons. The minimum atomic E-state index is -0.301. The molecular weight excluding hydrogens is 296 g/mol. The summed E-state index contributed by atoms with van der Waals surface area (Å²) in [5.74, 6) is 1.19. The van der Waals surface area contributed by atoms with Crippen LogP contribution in [0.3, 0.4) is 0 Å². The molecule has 0 aliphatic heterocycles. The Bertz CT molecular complexity index is 736. The van der Waals surface area contributed by atoms with Crippen molar-refractivity contribution in [3.63, 3.8) is 0 Å². The SMILES string of the molecule is O=C(OCc1cccc(Oc2ccccc2)c1)c1cccs1. The molecule has 0 amide bonds. The van der Waals surface area contributed by atoms with Gasteiger partial charge in [0, 0.05) is 0 Å². The lowest BCUT2D eigenvalue weighted by atomic mass is 10.2. The lowest BCUT2D eigenvalue weighted by molar-refractivity contribution is 0.0478. The average molecular weight is 310 g/mol. The number of carbonyl (C=O) groups is 1. The van der Waals surface area contributed by atoms with Crippen LogP contribution < -0.4 is 4.74 Å². The highest BCUT2D eigenvalue weighted by Crippen LogP contribution is 2.22. The predicted octanol–water partition coefficient (Wildman–Crippen LogP) is 4.90. The van der Waals surface area contributed by atoms with Crippen molar-refractivity contribution in [2.45, 2.75) is 6.61 Å². The molecule has 0 atom stereocenters. The van der Waals surface area contributed by atoms with Gasteiger partial charge in [-0.25, -0.2) is 4.79 Å². The standard InChI is InChI=1S/C18H14O3S/c19-18(17-10-5-11-22-17)20-13-14-6-4-9-16(12-14)21-15-7-2-1-3-8-15/h1-12H,13H2. The van der Waals surface area contributed by atoms with E-state index in [1.807, 2.05) is 66.0 Å². The first kappa shape index (κ1) is 14.4. The van der Waals surface area contributed by atoms with Crippen LogP contribution in [0.4, 0.5) is 0 Å². The molecule has 3 nitrogen and oxygen atoms in total. The van der Waals surface area contributed by atoms with Crippen LogP contribution in [0.5, 0.6) is 11.5 Å². The maximum absolute atomic E-state index is 11.8. The van der Waals surface area contributed by atoms with Gasteiger partial charge in [-0.1, -0.05) is 36.4 Å². The van der Waals surface area contributed by atoms with E-state index in [9.17, 15) is 4.79 Å². The van der Waals surface area contributed by atoms with Gasteiger partial charge in [-0.2, -0.15) is 0 Å². The number of esters is 1. The highest BCUT2D eigenvalue weighted by atomic mass is 32.1. The third kappa shape index (κ3) is 3.74. The van der Waals surface area contributed by atoms with Crippen LogP contribution in [0.15, 0.2) is 72.1 Å². The normalized spacial score (nSPS) is 10.2. The Balaban J connectivity index is 1.63. The lowest BCUT2D eigenvalue weighted by Gasteiger charge is -2.08. The van der Waals surface area contributed by atoms with Crippen molar-refractivity contribution in [3.05, 3.63) is 82.6 Å². The molecule has 3 rings (SSSR count). The van der Waals surface area contributed by atoms with E-state index in [0.29, 0.717) is 4.88 Å². The second-order valence-corrected chi connectivity index (χ2v) is 5.56. The van der Waals surface area contributed by atoms with Gasteiger partial charge in [0.2, 0.25) is 0 Å². The molecule has 0 saturated carbocycles. The van der Waals surface area contributed by atoms with E-state index >= 15 is 0 Å². The Labute approximate surface area is 132 Å². The van der Waals surface area contributed by atoms with E-state index in [4.69, 9.17) is 9.47 Å². The van der Waals surface area contributed by atoms with Crippen LogP contribution in [-0.4, -0.2) is 5.97 Å². The maximum atomic E-state index is 11.8. The largest absolute Gasteiger partial charge is 0.457 e. The molecule has 0 radical (unpaired) electrons. The molecular formula is C18H14O3S. The van der Waals surface area contributed by atoms with Gasteiger partial charge < -0.3 is 9.47 Å². The Morgan fingerprint density at radius 3 is 2.50 bits per heavy atom. The lowest BCUT2D eigenvalue weighted by Crippen LogP contribution is -2.03. The van der Waals surface area contributed by atoms with E-state index in [1.54, 1.807) is 6.07 Å². The van der Waals surface area contributed by atoms with Gasteiger partial charge in [-0.15, -0.1) is 11.3 Å². The summed E-state index contributed by atoms with van der Waals surface area (Å²) in [7, 11) is 0. The Morgan fingerprint density at radius 2 is 1.73 bits per heavy atom. The maximum Gasteiger partial charge on any atom is 0.348 e. The number of carbonyl (C=O) groups excluding carboxylic acids is 1. The summed E-state index contributed by atoms with van der Waals surface area (Å²) in [6, 6.07) is 20.7. The van der Waals surface area contributed by atoms with Crippen molar-refractivity contribution in [1.29, 1.82) is 0 Å². The summed E-state index contributed by atoms with van der Waals surface area (Å²) < 4.78 is 11.1. The molecule has 0 aliphatic rings. The van der Waals surface area contributed by atoms with Crippen LogP contribution in [0, 0.1) is 0 Å². The number of benzene rings is 2. The van der Waals surface area contributed by atoms with Gasteiger partial charge in [-0.05, 0) is 41.3 Å². The van der Waals surface area contributed by atoms with E-state index in [1.165, 1.54) is 11.3 Å². The fourth-order valence-corrected chi connectivity index (χ4v) is 2.55. The molecule has 0 saturated heterocycles. The molecule has 0 fully saturated rings. The Morgan fingerprint density at radius 1 is 0.909 bits per heavy atom. The first-order chi connectivity index (χ1) is 10.8. The molecule has 22 heavy (non-hydrogen) atoms. The van der Waals surface area contributed by atoms with Gasteiger partial charge in [0.1, 0.15) is 23.0 Å². The monoisotopic (exact) mass is 310 g/mol. The first-order valence-electron chi connectivity index (χ1n) is 6.84. The van der Waals surface area contributed by atoms with Crippen LogP contribution in [0.1, 0.15) is 15.2 Å². The zero-order chi connectivity index (χ0) is 15.2. The third-order valence-electron chi connectivity index (χ3n) is 2.97. The number of para-hydroxylation sites is 1. The first-order valence-corrected chi connectivity index (χ1v) is 7.72. The summed E-state index contributed by atoms with van der Waals surface area (Å²) in [6.45, 7) is 0.225. The molecule has 0 aliphatic carbocycles. The van der Waals surface area contributed by atoms with Crippen molar-refractivity contribution >= 4 is 17.3 Å². The summed E-state index contributed by atoms with van der Waals surface area (Å²) in [5.41, 5.74) is 0.887. The third-order valence-corrected chi connectivity index (χ3v) is 3.82.